The fraction of sp³-hybridized carbons (Fsp3) is 0.276. The van der Waals surface area contributed by atoms with E-state index in [9.17, 15) is 13.0 Å². The Morgan fingerprint density at radius 2 is 1.87 bits per heavy atom. The Hall–Kier alpha value is -2.85. The quantitative estimate of drug-likeness (QED) is 0.169. The molecule has 9 heteroatoms. The van der Waals surface area contributed by atoms with Crippen LogP contribution in [0.2, 0.25) is 0 Å². The molecular formula is C29H30N2O4S3. The Labute approximate surface area is 232 Å². The third-order valence-corrected chi connectivity index (χ3v) is 9.65. The molecule has 1 aliphatic rings. The molecule has 198 valence electrons. The van der Waals surface area contributed by atoms with Gasteiger partial charge in [0, 0.05) is 41.8 Å². The number of allylic oxidation sites excluding steroid dienone is 2. The maximum Gasteiger partial charge on any atom is 0.263 e. The largest absolute Gasteiger partial charge is 0.748 e. The number of thioether (sulfide) groups is 1. The van der Waals surface area contributed by atoms with Crippen molar-refractivity contribution >= 4 is 66.0 Å². The third kappa shape index (κ3) is 5.61. The topological polar surface area (TPSA) is 73.5 Å². The van der Waals surface area contributed by atoms with Gasteiger partial charge >= 0.3 is 0 Å². The van der Waals surface area contributed by atoms with Crippen molar-refractivity contribution in [2.75, 3.05) is 24.3 Å². The van der Waals surface area contributed by atoms with E-state index in [0.717, 1.165) is 50.4 Å². The first-order valence-corrected chi connectivity index (χ1v) is 15.8. The Morgan fingerprint density at radius 1 is 1.11 bits per heavy atom. The Bertz CT molecular complexity index is 1670. The number of rotatable bonds is 9. The van der Waals surface area contributed by atoms with Crippen LogP contribution in [0.25, 0.3) is 27.1 Å². The van der Waals surface area contributed by atoms with E-state index in [2.05, 4.69) is 71.9 Å². The zero-order chi connectivity index (χ0) is 26.9. The molecule has 0 bridgehead atoms. The highest BCUT2D eigenvalue weighted by Crippen LogP contribution is 2.47. The van der Waals surface area contributed by atoms with Crippen LogP contribution in [-0.2, 0) is 16.7 Å². The number of anilines is 1. The van der Waals surface area contributed by atoms with Crippen molar-refractivity contribution in [3.63, 3.8) is 0 Å². The molecule has 1 aliphatic heterocycles. The Balaban J connectivity index is 1.56. The highest BCUT2D eigenvalue weighted by atomic mass is 32.2. The highest BCUT2D eigenvalue weighted by molar-refractivity contribution is 8.03. The molecule has 1 aromatic heterocycles. The summed E-state index contributed by atoms with van der Waals surface area (Å²) >= 11 is 3.45. The van der Waals surface area contributed by atoms with E-state index in [1.807, 2.05) is 18.2 Å². The van der Waals surface area contributed by atoms with Gasteiger partial charge in [-0.15, -0.1) is 0 Å². The molecule has 0 saturated heterocycles. The molecule has 6 nitrogen and oxygen atoms in total. The van der Waals surface area contributed by atoms with Gasteiger partial charge in [-0.1, -0.05) is 54.3 Å². The average molecular weight is 567 g/mol. The molecule has 4 aromatic rings. The van der Waals surface area contributed by atoms with Crippen LogP contribution in [0.3, 0.4) is 0 Å². The Morgan fingerprint density at radius 3 is 2.55 bits per heavy atom. The van der Waals surface area contributed by atoms with E-state index in [1.54, 1.807) is 30.2 Å². The molecule has 0 fully saturated rings. The number of benzene rings is 3. The minimum Gasteiger partial charge on any atom is -0.748 e. The molecule has 0 atom stereocenters. The zero-order valence-electron chi connectivity index (χ0n) is 21.6. The number of ether oxygens (including phenoxy) is 1. The normalized spacial score (nSPS) is 15.1. The minimum absolute atomic E-state index is 0.273. The predicted molar refractivity (Wildman–Crippen MR) is 157 cm³/mol. The first kappa shape index (κ1) is 26.7. The van der Waals surface area contributed by atoms with Crippen LogP contribution in [0.5, 0.6) is 5.75 Å². The summed E-state index contributed by atoms with van der Waals surface area (Å²) in [4.78, 5) is 3.51. The lowest BCUT2D eigenvalue weighted by Gasteiger charge is -2.18. The summed E-state index contributed by atoms with van der Waals surface area (Å²) < 4.78 is 42.6. The van der Waals surface area contributed by atoms with Gasteiger partial charge in [-0.3, -0.25) is 0 Å². The second-order valence-electron chi connectivity index (χ2n) is 9.11. The van der Waals surface area contributed by atoms with Crippen LogP contribution in [0.15, 0.2) is 76.2 Å². The third-order valence-electron chi connectivity index (χ3n) is 6.65. The van der Waals surface area contributed by atoms with E-state index >= 15 is 0 Å². The van der Waals surface area contributed by atoms with Crippen molar-refractivity contribution in [1.29, 1.82) is 0 Å². The maximum absolute atomic E-state index is 11.3. The number of aromatic nitrogens is 1. The number of hydrogen-bond acceptors (Lipinski definition) is 7. The van der Waals surface area contributed by atoms with Gasteiger partial charge in [0.25, 0.3) is 5.01 Å². The van der Waals surface area contributed by atoms with Gasteiger partial charge < -0.3 is 14.2 Å². The summed E-state index contributed by atoms with van der Waals surface area (Å²) in [7, 11) is -2.58. The van der Waals surface area contributed by atoms with Crippen LogP contribution in [0, 0.1) is 0 Å². The van der Waals surface area contributed by atoms with Crippen LogP contribution >= 0.6 is 23.1 Å². The van der Waals surface area contributed by atoms with E-state index in [4.69, 9.17) is 4.74 Å². The fourth-order valence-electron chi connectivity index (χ4n) is 4.73. The number of nitrogens with zero attached hydrogens (tertiary/aromatic N) is 2. The van der Waals surface area contributed by atoms with Crippen LogP contribution in [-0.4, -0.2) is 32.4 Å². The minimum atomic E-state index is -4.26. The van der Waals surface area contributed by atoms with Gasteiger partial charge in [-0.05, 0) is 54.0 Å². The molecule has 0 spiro atoms. The van der Waals surface area contributed by atoms with Crippen LogP contribution in [0.4, 0.5) is 5.69 Å². The van der Waals surface area contributed by atoms with Crippen molar-refractivity contribution in [2.45, 2.75) is 38.1 Å². The van der Waals surface area contributed by atoms with Crippen molar-refractivity contribution in [2.24, 2.45) is 0 Å². The van der Waals surface area contributed by atoms with Gasteiger partial charge in [0.05, 0.1) is 27.9 Å². The van der Waals surface area contributed by atoms with E-state index in [0.29, 0.717) is 6.54 Å². The second-order valence-corrected chi connectivity index (χ2v) is 12.8. The van der Waals surface area contributed by atoms with Crippen molar-refractivity contribution in [3.8, 4) is 5.75 Å². The molecule has 0 saturated carbocycles. The molecule has 38 heavy (non-hydrogen) atoms. The first-order chi connectivity index (χ1) is 18.3. The molecule has 2 heterocycles. The number of thiazole rings is 1. The maximum atomic E-state index is 11.3. The molecule has 0 unspecified atom stereocenters. The lowest BCUT2D eigenvalue weighted by atomic mass is 10.1. The monoisotopic (exact) mass is 566 g/mol. The van der Waals surface area contributed by atoms with Gasteiger partial charge in [0.1, 0.15) is 10.4 Å². The van der Waals surface area contributed by atoms with Crippen LogP contribution < -0.4 is 14.2 Å². The molecule has 0 aliphatic carbocycles. The lowest BCUT2D eigenvalue weighted by Crippen LogP contribution is -2.36. The summed E-state index contributed by atoms with van der Waals surface area (Å²) in [6.45, 7) is 5.59. The summed E-state index contributed by atoms with van der Waals surface area (Å²) in [5, 5.41) is 4.50. The Kier molecular flexibility index (Phi) is 7.81. The summed E-state index contributed by atoms with van der Waals surface area (Å²) in [5.41, 5.74) is 3.38. The first-order valence-electron chi connectivity index (χ1n) is 12.6. The fourth-order valence-corrected chi connectivity index (χ4v) is 7.59. The molecule has 0 amide bonds. The van der Waals surface area contributed by atoms with E-state index < -0.39 is 10.1 Å². The zero-order valence-corrected chi connectivity index (χ0v) is 24.1. The molecule has 3 aromatic carbocycles. The van der Waals surface area contributed by atoms with Gasteiger partial charge in [0.15, 0.2) is 6.54 Å². The highest BCUT2D eigenvalue weighted by Gasteiger charge is 2.25. The molecule has 0 radical (unpaired) electrons. The number of aryl methyl sites for hydroxylation is 1. The van der Waals surface area contributed by atoms with Gasteiger partial charge in [-0.2, -0.15) is 4.57 Å². The smallest absolute Gasteiger partial charge is 0.263 e. The SMILES string of the molecule is CCC(/C=C1\Sc2ccc(OC)cc2N1CC)=C\c1sc2cc3ccccc3cc2[n+]1CCCS(=O)(=O)[O-]. The lowest BCUT2D eigenvalue weighted by molar-refractivity contribution is -0.668. The predicted octanol–water partition coefficient (Wildman–Crippen LogP) is 6.55. The summed E-state index contributed by atoms with van der Waals surface area (Å²) in [6.07, 6.45) is 5.56. The number of methoxy groups -OCH3 is 1. The van der Waals surface area contributed by atoms with Crippen molar-refractivity contribution in [1.82, 2.24) is 0 Å². The van der Waals surface area contributed by atoms with Gasteiger partial charge in [0.2, 0.25) is 5.52 Å². The van der Waals surface area contributed by atoms with Gasteiger partial charge in [-0.25, -0.2) is 8.42 Å². The van der Waals surface area contributed by atoms with E-state index in [-0.39, 0.29) is 12.2 Å². The van der Waals surface area contributed by atoms with Crippen molar-refractivity contribution < 1.29 is 22.3 Å². The number of hydrogen-bond donors (Lipinski definition) is 0. The summed E-state index contributed by atoms with van der Waals surface area (Å²) in [5.74, 6) is 0.469. The average Bonchev–Trinajstić information content (AvgIpc) is 3.41. The molecule has 0 N–H and O–H groups in total. The standard InChI is InChI=1S/C29H30N2O4S3/c1-4-20(15-28-30(5-2)25-19-23(35-3)11-12-26(25)36-28)16-29-31(13-8-14-38(32,33)34)24-17-21-9-6-7-10-22(21)18-27(24)37-29/h6-7,9-12,15-19H,4-5,8,13-14H2,1-3H3. The molecule has 5 rings (SSSR count). The number of fused-ring (bicyclic) bond motifs is 3. The van der Waals surface area contributed by atoms with E-state index in [1.165, 1.54) is 15.5 Å². The van der Waals surface area contributed by atoms with Crippen LogP contribution in [0.1, 0.15) is 31.7 Å². The molecular weight excluding hydrogens is 537 g/mol. The summed E-state index contributed by atoms with van der Waals surface area (Å²) in [6, 6.07) is 18.8. The van der Waals surface area contributed by atoms with Crippen molar-refractivity contribution in [3.05, 3.63) is 76.3 Å². The second kappa shape index (κ2) is 11.1.